The Balaban J connectivity index is 1.46. The molecule has 3 rings (SSSR count). The van der Waals surface area contributed by atoms with Gasteiger partial charge in [0.2, 0.25) is 5.91 Å². The number of nitrogens with one attached hydrogen (secondary N) is 2. The van der Waals surface area contributed by atoms with Crippen molar-refractivity contribution in [1.29, 1.82) is 0 Å². The molecule has 0 bridgehead atoms. The van der Waals surface area contributed by atoms with Gasteiger partial charge in [0.25, 0.3) is 0 Å². The molecule has 2 fully saturated rings. The Morgan fingerprint density at radius 1 is 1.19 bits per heavy atom. The number of benzene rings is 1. The quantitative estimate of drug-likeness (QED) is 0.358. The number of ether oxygens (including phenoxy) is 2. The molecule has 1 amide bonds. The van der Waals surface area contributed by atoms with Crippen molar-refractivity contribution in [3.63, 3.8) is 0 Å². The van der Waals surface area contributed by atoms with Crippen LogP contribution in [-0.2, 0) is 14.3 Å². The molecule has 0 spiro atoms. The van der Waals surface area contributed by atoms with E-state index in [4.69, 9.17) is 9.47 Å². The van der Waals surface area contributed by atoms with Crippen LogP contribution in [0, 0.1) is 12.8 Å². The van der Waals surface area contributed by atoms with E-state index < -0.39 is 0 Å². The summed E-state index contributed by atoms with van der Waals surface area (Å²) in [5, 5.41) is 6.48. The van der Waals surface area contributed by atoms with Gasteiger partial charge in [-0.25, -0.2) is 0 Å². The SMILES string of the molecule is CN=C(NCC1CCCOC1c1ccc(C)cc1)N1CCN(CC(=O)NCCOC)CC1. The zero-order valence-corrected chi connectivity index (χ0v) is 19.8. The van der Waals surface area contributed by atoms with Crippen LogP contribution in [-0.4, -0.2) is 94.9 Å². The van der Waals surface area contributed by atoms with Gasteiger partial charge in [0.1, 0.15) is 0 Å². The van der Waals surface area contributed by atoms with Crippen LogP contribution in [0.25, 0.3) is 0 Å². The summed E-state index contributed by atoms with van der Waals surface area (Å²) in [5.41, 5.74) is 2.53. The van der Waals surface area contributed by atoms with E-state index in [1.54, 1.807) is 7.11 Å². The summed E-state index contributed by atoms with van der Waals surface area (Å²) < 4.78 is 11.1. The summed E-state index contributed by atoms with van der Waals surface area (Å²) in [5.74, 6) is 1.40. The van der Waals surface area contributed by atoms with Crippen LogP contribution in [0.15, 0.2) is 29.3 Å². The van der Waals surface area contributed by atoms with Gasteiger partial charge in [0.05, 0.1) is 19.3 Å². The van der Waals surface area contributed by atoms with Crippen molar-refractivity contribution in [1.82, 2.24) is 20.4 Å². The van der Waals surface area contributed by atoms with E-state index in [1.807, 2.05) is 7.05 Å². The lowest BCUT2D eigenvalue weighted by atomic mass is 9.89. The smallest absolute Gasteiger partial charge is 0.234 e. The van der Waals surface area contributed by atoms with E-state index in [0.717, 1.165) is 58.1 Å². The van der Waals surface area contributed by atoms with E-state index in [2.05, 4.69) is 56.6 Å². The van der Waals surface area contributed by atoms with Crippen molar-refractivity contribution in [2.45, 2.75) is 25.9 Å². The fourth-order valence-electron chi connectivity index (χ4n) is 4.40. The molecule has 8 nitrogen and oxygen atoms in total. The largest absolute Gasteiger partial charge is 0.383 e. The molecule has 1 aromatic carbocycles. The van der Waals surface area contributed by atoms with Crippen LogP contribution in [0.1, 0.15) is 30.1 Å². The molecule has 178 valence electrons. The highest BCUT2D eigenvalue weighted by molar-refractivity contribution is 5.80. The number of nitrogens with zero attached hydrogens (tertiary/aromatic N) is 3. The number of aliphatic imine (C=N–C) groups is 1. The van der Waals surface area contributed by atoms with Crippen LogP contribution in [0.5, 0.6) is 0 Å². The van der Waals surface area contributed by atoms with Crippen molar-refractivity contribution in [3.8, 4) is 0 Å². The zero-order valence-electron chi connectivity index (χ0n) is 19.8. The third-order valence-corrected chi connectivity index (χ3v) is 6.25. The summed E-state index contributed by atoms with van der Waals surface area (Å²) >= 11 is 0. The monoisotopic (exact) mass is 445 g/mol. The predicted molar refractivity (Wildman–Crippen MR) is 127 cm³/mol. The number of hydrogen-bond acceptors (Lipinski definition) is 5. The van der Waals surface area contributed by atoms with Crippen molar-refractivity contribution in [2.24, 2.45) is 10.9 Å². The summed E-state index contributed by atoms with van der Waals surface area (Å²) in [7, 11) is 3.48. The van der Waals surface area contributed by atoms with Crippen molar-refractivity contribution in [3.05, 3.63) is 35.4 Å². The predicted octanol–water partition coefficient (Wildman–Crippen LogP) is 1.42. The van der Waals surface area contributed by atoms with Crippen molar-refractivity contribution >= 4 is 11.9 Å². The van der Waals surface area contributed by atoms with Crippen LogP contribution in [0.2, 0.25) is 0 Å². The number of rotatable bonds is 8. The van der Waals surface area contributed by atoms with Gasteiger partial charge in [0.15, 0.2) is 5.96 Å². The maximum Gasteiger partial charge on any atom is 0.234 e. The van der Waals surface area contributed by atoms with Gasteiger partial charge < -0.3 is 25.0 Å². The number of methoxy groups -OCH3 is 1. The van der Waals surface area contributed by atoms with Crippen LogP contribution >= 0.6 is 0 Å². The van der Waals surface area contributed by atoms with Gasteiger partial charge in [-0.1, -0.05) is 29.8 Å². The molecular weight excluding hydrogens is 406 g/mol. The van der Waals surface area contributed by atoms with Crippen molar-refractivity contribution in [2.75, 3.05) is 73.2 Å². The molecule has 32 heavy (non-hydrogen) atoms. The molecule has 2 heterocycles. The van der Waals surface area contributed by atoms with E-state index in [9.17, 15) is 4.79 Å². The molecule has 8 heteroatoms. The Morgan fingerprint density at radius 3 is 2.62 bits per heavy atom. The average molecular weight is 446 g/mol. The zero-order chi connectivity index (χ0) is 22.8. The number of piperazine rings is 1. The van der Waals surface area contributed by atoms with Crippen LogP contribution < -0.4 is 10.6 Å². The molecular formula is C24H39N5O3. The molecule has 2 aliphatic rings. The maximum absolute atomic E-state index is 12.0. The number of aryl methyl sites for hydroxylation is 1. The molecule has 2 atom stereocenters. The van der Waals surface area contributed by atoms with Gasteiger partial charge in [-0.2, -0.15) is 0 Å². The first kappa shape index (κ1) is 24.5. The lowest BCUT2D eigenvalue weighted by Gasteiger charge is -2.37. The topological polar surface area (TPSA) is 78.4 Å². The number of guanidine groups is 1. The van der Waals surface area contributed by atoms with E-state index in [0.29, 0.717) is 25.6 Å². The van der Waals surface area contributed by atoms with Crippen LogP contribution in [0.3, 0.4) is 0 Å². The van der Waals surface area contributed by atoms with Gasteiger partial charge in [-0.05, 0) is 25.3 Å². The second kappa shape index (κ2) is 12.8. The molecule has 1 aromatic rings. The molecule has 2 aliphatic heterocycles. The Labute approximate surface area is 192 Å². The van der Waals surface area contributed by atoms with E-state index in [-0.39, 0.29) is 12.0 Å². The molecule has 0 saturated carbocycles. The molecule has 2 saturated heterocycles. The minimum atomic E-state index is 0.0532. The Morgan fingerprint density at radius 2 is 1.94 bits per heavy atom. The van der Waals surface area contributed by atoms with E-state index in [1.165, 1.54) is 11.1 Å². The first-order valence-corrected chi connectivity index (χ1v) is 11.7. The van der Waals surface area contributed by atoms with Crippen molar-refractivity contribution < 1.29 is 14.3 Å². The Hall–Kier alpha value is -2.16. The minimum absolute atomic E-state index is 0.0532. The highest BCUT2D eigenvalue weighted by Gasteiger charge is 2.28. The lowest BCUT2D eigenvalue weighted by Crippen LogP contribution is -2.54. The first-order valence-electron chi connectivity index (χ1n) is 11.7. The standard InChI is InChI=1S/C24H39N5O3/c1-19-6-8-20(9-7-19)23-21(5-4-15-32-23)17-27-24(25-2)29-13-11-28(12-14-29)18-22(30)26-10-16-31-3/h6-9,21,23H,4-5,10-18H2,1-3H3,(H,25,27)(H,26,30). The molecule has 2 unspecified atom stereocenters. The fourth-order valence-corrected chi connectivity index (χ4v) is 4.40. The highest BCUT2D eigenvalue weighted by Crippen LogP contribution is 2.33. The Bertz CT molecular complexity index is 732. The molecule has 0 radical (unpaired) electrons. The first-order chi connectivity index (χ1) is 15.6. The second-order valence-electron chi connectivity index (χ2n) is 8.64. The number of carbonyl (C=O) groups is 1. The normalized spacial score (nSPS) is 22.6. The Kier molecular flexibility index (Phi) is 9.77. The third-order valence-electron chi connectivity index (χ3n) is 6.25. The fraction of sp³-hybridized carbons (Fsp3) is 0.667. The average Bonchev–Trinajstić information content (AvgIpc) is 2.81. The second-order valence-corrected chi connectivity index (χ2v) is 8.64. The van der Waals surface area contributed by atoms with Gasteiger partial charge >= 0.3 is 0 Å². The van der Waals surface area contributed by atoms with E-state index >= 15 is 0 Å². The summed E-state index contributed by atoms with van der Waals surface area (Å²) in [6, 6.07) is 8.71. The number of hydrogen-bond donors (Lipinski definition) is 2. The maximum atomic E-state index is 12.0. The van der Waals surface area contributed by atoms with Gasteiger partial charge in [0, 0.05) is 66.0 Å². The summed E-state index contributed by atoms with van der Waals surface area (Å²) in [6.07, 6.45) is 2.37. The summed E-state index contributed by atoms with van der Waals surface area (Å²) in [4.78, 5) is 21.0. The van der Waals surface area contributed by atoms with Crippen LogP contribution in [0.4, 0.5) is 0 Å². The van der Waals surface area contributed by atoms with Gasteiger partial charge in [-0.3, -0.25) is 14.7 Å². The van der Waals surface area contributed by atoms with Gasteiger partial charge in [-0.15, -0.1) is 0 Å². The molecule has 2 N–H and O–H groups in total. The third kappa shape index (κ3) is 7.18. The molecule has 0 aliphatic carbocycles. The summed E-state index contributed by atoms with van der Waals surface area (Å²) in [6.45, 7) is 8.70. The molecule has 0 aromatic heterocycles. The lowest BCUT2D eigenvalue weighted by molar-refractivity contribution is -0.122. The number of carbonyl (C=O) groups excluding carboxylic acids is 1. The number of amides is 1. The minimum Gasteiger partial charge on any atom is -0.383 e. The highest BCUT2D eigenvalue weighted by atomic mass is 16.5.